The molecule has 0 radical (unpaired) electrons. The van der Waals surface area contributed by atoms with Crippen LogP contribution in [0.5, 0.6) is 0 Å². The number of ether oxygens (including phenoxy) is 1. The fourth-order valence-electron chi connectivity index (χ4n) is 4.06. The number of carbonyl (C=O) groups is 4. The molecule has 0 saturated carbocycles. The van der Waals surface area contributed by atoms with Crippen molar-refractivity contribution in [2.45, 2.75) is 60.6 Å². The van der Waals surface area contributed by atoms with Gasteiger partial charge in [0.25, 0.3) is 0 Å². The van der Waals surface area contributed by atoms with Gasteiger partial charge in [-0.25, -0.2) is 9.59 Å². The zero-order chi connectivity index (χ0) is 27.4. The van der Waals surface area contributed by atoms with E-state index in [-0.39, 0.29) is 17.1 Å². The minimum absolute atomic E-state index is 0.0110. The summed E-state index contributed by atoms with van der Waals surface area (Å²) >= 11 is 12.1. The smallest absolute Gasteiger partial charge is 0.375 e. The number of benzene rings is 2. The number of carboxylic acid groups (broad SMARTS) is 1. The summed E-state index contributed by atoms with van der Waals surface area (Å²) in [6.45, 7) is 11.5. The Morgan fingerprint density at radius 1 is 0.889 bits per heavy atom. The number of carboxylic acids is 1. The molecule has 0 atom stereocenters. The van der Waals surface area contributed by atoms with Crippen molar-refractivity contribution in [2.75, 3.05) is 4.90 Å². The van der Waals surface area contributed by atoms with Crippen molar-refractivity contribution in [1.29, 1.82) is 0 Å². The van der Waals surface area contributed by atoms with Crippen LogP contribution >= 0.6 is 23.2 Å². The number of aromatic carboxylic acids is 1. The predicted octanol–water partition coefficient (Wildman–Crippen LogP) is 6.19. The van der Waals surface area contributed by atoms with Gasteiger partial charge >= 0.3 is 11.9 Å². The summed E-state index contributed by atoms with van der Waals surface area (Å²) < 4.78 is 5.56. The van der Waals surface area contributed by atoms with Gasteiger partial charge in [-0.05, 0) is 52.8 Å². The predicted molar refractivity (Wildman–Crippen MR) is 139 cm³/mol. The van der Waals surface area contributed by atoms with Crippen LogP contribution in [0.15, 0.2) is 42.5 Å². The Morgan fingerprint density at radius 2 is 1.44 bits per heavy atom. The molecule has 0 spiro atoms. The zero-order valence-electron chi connectivity index (χ0n) is 21.2. The third-order valence-electron chi connectivity index (χ3n) is 5.39. The monoisotopic (exact) mass is 535 g/mol. The highest BCUT2D eigenvalue weighted by molar-refractivity contribution is 6.42. The van der Waals surface area contributed by atoms with Crippen LogP contribution in [0.2, 0.25) is 10.0 Å². The van der Waals surface area contributed by atoms with E-state index in [4.69, 9.17) is 27.9 Å². The van der Waals surface area contributed by atoms with Gasteiger partial charge in [-0.2, -0.15) is 0 Å². The molecule has 0 aliphatic heterocycles. The SMILES string of the molecule is CC(C)(C)C(OC(=O)C(=O)CC(=O)N(Cc1ccc(Cl)c(Cl)c1)c1ccc(C(=O)O)cc1)C(C)(C)C. The van der Waals surface area contributed by atoms with Crippen molar-refractivity contribution in [3.8, 4) is 0 Å². The molecule has 0 fully saturated rings. The van der Waals surface area contributed by atoms with Gasteiger partial charge in [-0.3, -0.25) is 9.59 Å². The average Bonchev–Trinajstić information content (AvgIpc) is 2.76. The van der Waals surface area contributed by atoms with Gasteiger partial charge in [0.1, 0.15) is 6.10 Å². The summed E-state index contributed by atoms with van der Waals surface area (Å²) in [5.41, 5.74) is 0.152. The van der Waals surface area contributed by atoms with E-state index in [2.05, 4.69) is 0 Å². The van der Waals surface area contributed by atoms with Crippen LogP contribution < -0.4 is 4.90 Å². The van der Waals surface area contributed by atoms with E-state index in [9.17, 15) is 24.3 Å². The van der Waals surface area contributed by atoms with E-state index in [1.165, 1.54) is 29.2 Å². The summed E-state index contributed by atoms with van der Waals surface area (Å²) in [4.78, 5) is 51.1. The first-order chi connectivity index (χ1) is 16.5. The Balaban J connectivity index is 2.30. The fourth-order valence-corrected chi connectivity index (χ4v) is 4.38. The molecule has 0 saturated heterocycles. The molecule has 2 aromatic rings. The molecule has 0 heterocycles. The zero-order valence-corrected chi connectivity index (χ0v) is 22.7. The number of Topliss-reactive ketones (excluding diaryl/α,β-unsaturated/α-hetero) is 1. The lowest BCUT2D eigenvalue weighted by atomic mass is 9.74. The summed E-state index contributed by atoms with van der Waals surface area (Å²) in [6.07, 6.45) is -1.28. The van der Waals surface area contributed by atoms with Gasteiger partial charge in [0.15, 0.2) is 0 Å². The van der Waals surface area contributed by atoms with Crippen molar-refractivity contribution in [2.24, 2.45) is 10.8 Å². The Labute approximate surface area is 221 Å². The Kier molecular flexibility index (Phi) is 9.32. The van der Waals surface area contributed by atoms with Gasteiger partial charge < -0.3 is 14.7 Å². The molecule has 0 aliphatic carbocycles. The van der Waals surface area contributed by atoms with Gasteiger partial charge in [0, 0.05) is 5.69 Å². The van der Waals surface area contributed by atoms with Crippen molar-refractivity contribution in [3.63, 3.8) is 0 Å². The van der Waals surface area contributed by atoms with Crippen LogP contribution in [-0.2, 0) is 25.7 Å². The van der Waals surface area contributed by atoms with Gasteiger partial charge in [0.2, 0.25) is 11.7 Å². The molecule has 0 aliphatic rings. The van der Waals surface area contributed by atoms with Crippen LogP contribution in [-0.4, -0.2) is 34.8 Å². The number of ketones is 1. The largest absolute Gasteiger partial charge is 0.478 e. The van der Waals surface area contributed by atoms with E-state index in [1.807, 2.05) is 41.5 Å². The number of hydrogen-bond donors (Lipinski definition) is 1. The molecular weight excluding hydrogens is 505 g/mol. The van der Waals surface area contributed by atoms with Crippen LogP contribution in [0.1, 0.15) is 63.9 Å². The van der Waals surface area contributed by atoms with Gasteiger partial charge in [-0.15, -0.1) is 0 Å². The molecule has 1 amide bonds. The van der Waals surface area contributed by atoms with E-state index in [1.54, 1.807) is 18.2 Å². The molecule has 2 aromatic carbocycles. The normalized spacial score (nSPS) is 11.8. The second-order valence-corrected chi connectivity index (χ2v) is 11.5. The van der Waals surface area contributed by atoms with E-state index in [0.29, 0.717) is 16.3 Å². The standard InChI is InChI=1S/C27H31Cl2NO6/c1-26(2,3)25(27(4,5)6)36-24(35)21(31)14-22(32)30(15-16-7-12-19(28)20(29)13-16)18-10-8-17(9-11-18)23(33)34/h7-13,25H,14-15H2,1-6H3,(H,33,34). The fraction of sp³-hybridized carbons (Fsp3) is 0.407. The molecule has 0 unspecified atom stereocenters. The number of anilines is 1. The first-order valence-corrected chi connectivity index (χ1v) is 12.1. The lowest BCUT2D eigenvalue weighted by Crippen LogP contribution is -2.44. The summed E-state index contributed by atoms with van der Waals surface area (Å²) in [5, 5.41) is 9.81. The van der Waals surface area contributed by atoms with Crippen molar-refractivity contribution in [1.82, 2.24) is 0 Å². The van der Waals surface area contributed by atoms with Crippen LogP contribution in [0.25, 0.3) is 0 Å². The van der Waals surface area contributed by atoms with Crippen LogP contribution in [0.3, 0.4) is 0 Å². The highest BCUT2D eigenvalue weighted by Crippen LogP contribution is 2.36. The lowest BCUT2D eigenvalue weighted by molar-refractivity contribution is -0.169. The second kappa shape index (κ2) is 11.4. The number of esters is 1. The second-order valence-electron chi connectivity index (χ2n) is 10.7. The molecule has 36 heavy (non-hydrogen) atoms. The average molecular weight is 536 g/mol. The molecule has 7 nitrogen and oxygen atoms in total. The third-order valence-corrected chi connectivity index (χ3v) is 6.13. The molecule has 2 rings (SSSR count). The first kappa shape index (κ1) is 29.3. The van der Waals surface area contributed by atoms with E-state index >= 15 is 0 Å². The molecule has 0 bridgehead atoms. The van der Waals surface area contributed by atoms with Crippen LogP contribution in [0.4, 0.5) is 5.69 Å². The lowest BCUT2D eigenvalue weighted by Gasteiger charge is -2.39. The van der Waals surface area contributed by atoms with Crippen LogP contribution in [0, 0.1) is 10.8 Å². The highest BCUT2D eigenvalue weighted by Gasteiger charge is 2.39. The molecule has 194 valence electrons. The van der Waals surface area contributed by atoms with Crippen molar-refractivity contribution in [3.05, 3.63) is 63.6 Å². The highest BCUT2D eigenvalue weighted by atomic mass is 35.5. The van der Waals surface area contributed by atoms with E-state index in [0.717, 1.165) is 0 Å². The maximum absolute atomic E-state index is 13.2. The minimum Gasteiger partial charge on any atom is -0.478 e. The maximum Gasteiger partial charge on any atom is 0.375 e. The quantitative estimate of drug-likeness (QED) is 0.245. The maximum atomic E-state index is 13.2. The third kappa shape index (κ3) is 7.80. The number of hydrogen-bond acceptors (Lipinski definition) is 5. The number of rotatable bonds is 8. The topological polar surface area (TPSA) is 101 Å². The van der Waals surface area contributed by atoms with Gasteiger partial charge in [-0.1, -0.05) is 70.8 Å². The molecule has 1 N–H and O–H groups in total. The Bertz CT molecular complexity index is 1130. The number of nitrogens with zero attached hydrogens (tertiary/aromatic N) is 1. The Morgan fingerprint density at radius 3 is 1.92 bits per heavy atom. The van der Waals surface area contributed by atoms with Crippen molar-refractivity contribution < 1.29 is 29.0 Å². The van der Waals surface area contributed by atoms with Gasteiger partial charge in [0.05, 0.1) is 28.6 Å². The number of halogens is 2. The Hall–Kier alpha value is -2.90. The first-order valence-electron chi connectivity index (χ1n) is 11.3. The minimum atomic E-state index is -1.12. The molecule has 9 heteroatoms. The van der Waals surface area contributed by atoms with Crippen molar-refractivity contribution >= 4 is 52.5 Å². The van der Waals surface area contributed by atoms with E-state index < -0.39 is 47.0 Å². The number of carbonyl (C=O) groups excluding carboxylic acids is 3. The summed E-state index contributed by atoms with van der Waals surface area (Å²) in [7, 11) is 0. The molecular formula is C27H31Cl2NO6. The molecule has 0 aromatic heterocycles. The summed E-state index contributed by atoms with van der Waals surface area (Å²) in [5.74, 6) is -3.82. The summed E-state index contributed by atoms with van der Waals surface area (Å²) in [6, 6.07) is 10.4. The number of amides is 1.